The van der Waals surface area contributed by atoms with Crippen LogP contribution in [0.15, 0.2) is 0 Å². The summed E-state index contributed by atoms with van der Waals surface area (Å²) in [6, 6.07) is -0.398. The Kier molecular flexibility index (Phi) is 8.26. The van der Waals surface area contributed by atoms with Crippen LogP contribution in [0.25, 0.3) is 0 Å². The molecule has 0 heterocycles. The molecule has 1 rings (SSSR count). The smallest absolute Gasteiger partial charge is 0.242 e. The van der Waals surface area contributed by atoms with Crippen molar-refractivity contribution >= 4 is 24.2 Å². The zero-order valence-corrected chi connectivity index (χ0v) is 14.4. The number of carbonyl (C=O) groups excluding carboxylic acids is 2. The van der Waals surface area contributed by atoms with Gasteiger partial charge in [-0.2, -0.15) is 0 Å². The lowest BCUT2D eigenvalue weighted by Gasteiger charge is -2.37. The van der Waals surface area contributed by atoms with Crippen LogP contribution < -0.4 is 16.4 Å². The van der Waals surface area contributed by atoms with Gasteiger partial charge in [0.25, 0.3) is 0 Å². The van der Waals surface area contributed by atoms with Crippen LogP contribution in [0.2, 0.25) is 0 Å². The summed E-state index contributed by atoms with van der Waals surface area (Å²) in [6.45, 7) is 7.60. The first-order valence-corrected chi connectivity index (χ1v) is 7.67. The van der Waals surface area contributed by atoms with E-state index in [4.69, 9.17) is 5.73 Å². The van der Waals surface area contributed by atoms with Gasteiger partial charge in [-0.25, -0.2) is 0 Å². The highest BCUT2D eigenvalue weighted by Gasteiger charge is 2.38. The summed E-state index contributed by atoms with van der Waals surface area (Å²) in [7, 11) is 0. The van der Waals surface area contributed by atoms with Crippen molar-refractivity contribution in [3.05, 3.63) is 0 Å². The largest absolute Gasteiger partial charge is 0.352 e. The van der Waals surface area contributed by atoms with Crippen LogP contribution in [0.3, 0.4) is 0 Å². The fourth-order valence-corrected chi connectivity index (χ4v) is 2.64. The molecule has 0 aromatic carbocycles. The lowest BCUT2D eigenvalue weighted by Crippen LogP contribution is -2.56. The lowest BCUT2D eigenvalue weighted by atomic mass is 9.74. The van der Waals surface area contributed by atoms with Crippen molar-refractivity contribution in [2.45, 2.75) is 77.4 Å². The molecule has 0 spiro atoms. The highest BCUT2D eigenvalue weighted by Crippen LogP contribution is 2.31. The monoisotopic (exact) mass is 319 g/mol. The first kappa shape index (κ1) is 20.2. The molecular weight excluding hydrogens is 290 g/mol. The van der Waals surface area contributed by atoms with Crippen molar-refractivity contribution in [1.29, 1.82) is 0 Å². The minimum Gasteiger partial charge on any atom is -0.352 e. The average Bonchev–Trinajstić information content (AvgIpc) is 2.37. The zero-order valence-electron chi connectivity index (χ0n) is 13.6. The summed E-state index contributed by atoms with van der Waals surface area (Å²) in [5.41, 5.74) is 5.75. The number of nitrogens with one attached hydrogen (secondary N) is 2. The second kappa shape index (κ2) is 8.59. The number of carbonyl (C=O) groups is 2. The van der Waals surface area contributed by atoms with Crippen LogP contribution in [-0.2, 0) is 9.59 Å². The maximum Gasteiger partial charge on any atom is 0.242 e. The van der Waals surface area contributed by atoms with Gasteiger partial charge in [0.15, 0.2) is 0 Å². The Balaban J connectivity index is 0.00000400. The van der Waals surface area contributed by atoms with Crippen LogP contribution in [0.1, 0.15) is 59.8 Å². The highest BCUT2D eigenvalue weighted by molar-refractivity contribution is 5.88. The predicted molar refractivity (Wildman–Crippen MR) is 87.3 cm³/mol. The highest BCUT2D eigenvalue weighted by atomic mass is 35.5. The molecule has 2 amide bonds. The second-order valence-electron chi connectivity index (χ2n) is 6.35. The summed E-state index contributed by atoms with van der Waals surface area (Å²) >= 11 is 0. The quantitative estimate of drug-likeness (QED) is 0.721. The molecule has 0 bridgehead atoms. The molecule has 1 fully saturated rings. The molecule has 6 heteroatoms. The van der Waals surface area contributed by atoms with E-state index in [0.717, 1.165) is 32.1 Å². The Morgan fingerprint density at radius 3 is 2.43 bits per heavy atom. The molecule has 21 heavy (non-hydrogen) atoms. The van der Waals surface area contributed by atoms with E-state index in [0.29, 0.717) is 0 Å². The fourth-order valence-electron chi connectivity index (χ4n) is 2.64. The number of halogens is 1. The maximum atomic E-state index is 12.3. The Labute approximate surface area is 134 Å². The van der Waals surface area contributed by atoms with Crippen LogP contribution >= 0.6 is 12.4 Å². The van der Waals surface area contributed by atoms with E-state index in [1.54, 1.807) is 6.92 Å². The Morgan fingerprint density at radius 2 is 1.90 bits per heavy atom. The van der Waals surface area contributed by atoms with Gasteiger partial charge in [0.2, 0.25) is 11.8 Å². The molecule has 1 aliphatic carbocycles. The van der Waals surface area contributed by atoms with Crippen LogP contribution in [0.5, 0.6) is 0 Å². The summed E-state index contributed by atoms with van der Waals surface area (Å²) in [5, 5.41) is 5.68. The molecule has 1 saturated carbocycles. The van der Waals surface area contributed by atoms with Crippen LogP contribution in [0, 0.1) is 5.92 Å². The summed E-state index contributed by atoms with van der Waals surface area (Å²) in [6.07, 6.45) is 4.63. The maximum absolute atomic E-state index is 12.3. The van der Waals surface area contributed by atoms with E-state index in [1.165, 1.54) is 0 Å². The summed E-state index contributed by atoms with van der Waals surface area (Å²) in [4.78, 5) is 24.2. The number of nitrogens with two attached hydrogens (primary N) is 1. The van der Waals surface area contributed by atoms with Gasteiger partial charge in [-0.15, -0.1) is 12.4 Å². The van der Waals surface area contributed by atoms with E-state index < -0.39 is 11.6 Å². The van der Waals surface area contributed by atoms with Crippen LogP contribution in [-0.4, -0.2) is 29.4 Å². The number of hydrogen-bond donors (Lipinski definition) is 3. The molecule has 1 aliphatic rings. The van der Waals surface area contributed by atoms with Crippen molar-refractivity contribution in [3.8, 4) is 0 Å². The van der Waals surface area contributed by atoms with Gasteiger partial charge >= 0.3 is 0 Å². The second-order valence-corrected chi connectivity index (χ2v) is 6.35. The Morgan fingerprint density at radius 1 is 1.29 bits per heavy atom. The first-order valence-electron chi connectivity index (χ1n) is 7.67. The third kappa shape index (κ3) is 5.83. The van der Waals surface area contributed by atoms with Crippen molar-refractivity contribution < 1.29 is 9.59 Å². The normalized spacial score (nSPS) is 28.0. The van der Waals surface area contributed by atoms with Gasteiger partial charge in [-0.05, 0) is 40.0 Å². The zero-order chi connectivity index (χ0) is 15.3. The third-order valence-electron chi connectivity index (χ3n) is 4.32. The summed E-state index contributed by atoms with van der Waals surface area (Å²) in [5.74, 6) is -0.432. The van der Waals surface area contributed by atoms with Gasteiger partial charge in [0, 0.05) is 11.6 Å². The SMILES string of the molecule is CCC(C)NC(=O)C(C)NC(=O)C1CCCCC1(C)N.Cl. The average molecular weight is 320 g/mol. The predicted octanol–water partition coefficient (Wildman–Crippen LogP) is 1.74. The fraction of sp³-hybridized carbons (Fsp3) is 0.867. The van der Waals surface area contributed by atoms with Gasteiger partial charge in [0.05, 0.1) is 5.92 Å². The molecule has 0 saturated heterocycles. The van der Waals surface area contributed by atoms with Crippen molar-refractivity contribution in [1.82, 2.24) is 10.6 Å². The molecule has 124 valence electrons. The van der Waals surface area contributed by atoms with E-state index in [1.807, 2.05) is 20.8 Å². The van der Waals surface area contributed by atoms with E-state index in [9.17, 15) is 9.59 Å². The molecule has 4 atom stereocenters. The molecule has 0 radical (unpaired) electrons. The van der Waals surface area contributed by atoms with Gasteiger partial charge in [-0.1, -0.05) is 19.8 Å². The van der Waals surface area contributed by atoms with Crippen molar-refractivity contribution in [2.24, 2.45) is 11.7 Å². The number of rotatable bonds is 5. The van der Waals surface area contributed by atoms with E-state index >= 15 is 0 Å². The van der Waals surface area contributed by atoms with Crippen LogP contribution in [0.4, 0.5) is 0 Å². The van der Waals surface area contributed by atoms with E-state index in [-0.39, 0.29) is 36.2 Å². The molecule has 0 aromatic rings. The lowest BCUT2D eigenvalue weighted by molar-refractivity contribution is -0.133. The summed E-state index contributed by atoms with van der Waals surface area (Å²) < 4.78 is 0. The standard InChI is InChI=1S/C15H29N3O2.ClH/c1-5-10(2)17-13(19)11(3)18-14(20)12-8-6-7-9-15(12,4)16;/h10-12H,5-9,16H2,1-4H3,(H,17,19)(H,18,20);1H. The van der Waals surface area contributed by atoms with Gasteiger partial charge in [0.1, 0.15) is 6.04 Å². The molecule has 0 aliphatic heterocycles. The minimum absolute atomic E-state index is 0. The topological polar surface area (TPSA) is 84.2 Å². The third-order valence-corrected chi connectivity index (χ3v) is 4.32. The van der Waals surface area contributed by atoms with E-state index in [2.05, 4.69) is 10.6 Å². The molecule has 4 N–H and O–H groups in total. The molecular formula is C15H30ClN3O2. The number of hydrogen-bond acceptors (Lipinski definition) is 3. The molecule has 0 aromatic heterocycles. The van der Waals surface area contributed by atoms with Gasteiger partial charge < -0.3 is 16.4 Å². The number of amides is 2. The molecule has 4 unspecified atom stereocenters. The molecule has 5 nitrogen and oxygen atoms in total. The first-order chi connectivity index (χ1) is 9.27. The Hall–Kier alpha value is -0.810. The minimum atomic E-state index is -0.519. The van der Waals surface area contributed by atoms with Gasteiger partial charge in [-0.3, -0.25) is 9.59 Å². The van der Waals surface area contributed by atoms with Crippen molar-refractivity contribution in [3.63, 3.8) is 0 Å². The van der Waals surface area contributed by atoms with Crippen molar-refractivity contribution in [2.75, 3.05) is 0 Å². The Bertz CT molecular complexity index is 361.